The minimum Gasteiger partial charge on any atom is -0.465 e. The maximum absolute atomic E-state index is 12.6. The summed E-state index contributed by atoms with van der Waals surface area (Å²) < 4.78 is 11.1. The van der Waals surface area contributed by atoms with E-state index in [0.29, 0.717) is 5.56 Å². The average Bonchev–Trinajstić information content (AvgIpc) is 3.18. The molecule has 0 radical (unpaired) electrons. The van der Waals surface area contributed by atoms with Crippen molar-refractivity contribution in [1.82, 2.24) is 9.78 Å². The number of nitrogens with one attached hydrogen (secondary N) is 1. The fourth-order valence-electron chi connectivity index (χ4n) is 2.77. The van der Waals surface area contributed by atoms with Crippen LogP contribution in [-0.4, -0.2) is 41.8 Å². The zero-order chi connectivity index (χ0) is 21.0. The highest BCUT2D eigenvalue weighted by Gasteiger charge is 2.15. The Hall–Kier alpha value is -3.94. The van der Waals surface area contributed by atoms with Gasteiger partial charge in [0.1, 0.15) is 0 Å². The van der Waals surface area contributed by atoms with Crippen LogP contribution in [0.4, 0.5) is 5.69 Å². The Kier molecular flexibility index (Phi) is 5.73. The van der Waals surface area contributed by atoms with Crippen LogP contribution in [0.15, 0.2) is 54.7 Å². The lowest BCUT2D eigenvalue weighted by Gasteiger charge is -2.10. The van der Waals surface area contributed by atoms with E-state index in [-0.39, 0.29) is 16.8 Å². The molecule has 0 spiro atoms. The van der Waals surface area contributed by atoms with Gasteiger partial charge < -0.3 is 14.8 Å². The summed E-state index contributed by atoms with van der Waals surface area (Å²) >= 11 is 0. The number of carbonyl (C=O) groups excluding carboxylic acids is 3. The Morgan fingerprint density at radius 3 is 1.93 bits per heavy atom. The number of hydrogen-bond donors (Lipinski definition) is 1. The Balaban J connectivity index is 1.85. The van der Waals surface area contributed by atoms with Gasteiger partial charge in [-0.05, 0) is 55.5 Å². The predicted molar refractivity (Wildman–Crippen MR) is 105 cm³/mol. The van der Waals surface area contributed by atoms with Crippen molar-refractivity contribution < 1.29 is 23.9 Å². The first kappa shape index (κ1) is 19.8. The molecule has 0 fully saturated rings. The first-order valence-electron chi connectivity index (χ1n) is 8.67. The maximum atomic E-state index is 12.6. The van der Waals surface area contributed by atoms with Gasteiger partial charge in [-0.2, -0.15) is 5.10 Å². The smallest absolute Gasteiger partial charge is 0.337 e. The van der Waals surface area contributed by atoms with Crippen molar-refractivity contribution in [3.63, 3.8) is 0 Å². The summed E-state index contributed by atoms with van der Waals surface area (Å²) in [5, 5.41) is 6.91. The van der Waals surface area contributed by atoms with Gasteiger partial charge in [-0.3, -0.25) is 4.79 Å². The van der Waals surface area contributed by atoms with Crippen molar-refractivity contribution >= 4 is 23.5 Å². The second kappa shape index (κ2) is 8.39. The normalized spacial score (nSPS) is 10.3. The molecule has 0 atom stereocenters. The first-order valence-corrected chi connectivity index (χ1v) is 8.67. The summed E-state index contributed by atoms with van der Waals surface area (Å²) in [6, 6.07) is 13.0. The lowest BCUT2D eigenvalue weighted by atomic mass is 10.1. The minimum atomic E-state index is -0.634. The maximum Gasteiger partial charge on any atom is 0.337 e. The fraction of sp³-hybridized carbons (Fsp3) is 0.143. The van der Waals surface area contributed by atoms with E-state index < -0.39 is 17.8 Å². The van der Waals surface area contributed by atoms with E-state index >= 15 is 0 Å². The van der Waals surface area contributed by atoms with E-state index in [2.05, 4.69) is 10.4 Å². The third kappa shape index (κ3) is 4.32. The Morgan fingerprint density at radius 2 is 1.45 bits per heavy atom. The largest absolute Gasteiger partial charge is 0.465 e. The highest BCUT2D eigenvalue weighted by Crippen LogP contribution is 2.19. The third-order valence-electron chi connectivity index (χ3n) is 4.24. The van der Waals surface area contributed by atoms with E-state index in [4.69, 9.17) is 9.47 Å². The van der Waals surface area contributed by atoms with Crippen LogP contribution in [0.25, 0.3) is 5.69 Å². The summed E-state index contributed by atoms with van der Waals surface area (Å²) in [5.74, 6) is -1.66. The summed E-state index contributed by atoms with van der Waals surface area (Å²) in [6.07, 6.45) is 1.70. The van der Waals surface area contributed by atoms with Crippen LogP contribution in [0.5, 0.6) is 0 Å². The molecule has 29 heavy (non-hydrogen) atoms. The number of benzene rings is 2. The van der Waals surface area contributed by atoms with Crippen LogP contribution in [0.1, 0.15) is 36.8 Å². The molecule has 0 unspecified atom stereocenters. The lowest BCUT2D eigenvalue weighted by molar-refractivity contribution is 0.0599. The monoisotopic (exact) mass is 393 g/mol. The van der Waals surface area contributed by atoms with Crippen molar-refractivity contribution in [3.05, 3.63) is 77.1 Å². The quantitative estimate of drug-likeness (QED) is 0.669. The summed E-state index contributed by atoms with van der Waals surface area (Å²) in [7, 11) is 2.46. The van der Waals surface area contributed by atoms with Crippen molar-refractivity contribution in [2.75, 3.05) is 19.5 Å². The molecular formula is C21H19N3O5. The van der Waals surface area contributed by atoms with Crippen LogP contribution < -0.4 is 5.32 Å². The first-order chi connectivity index (χ1) is 13.9. The number of hydrogen-bond acceptors (Lipinski definition) is 6. The van der Waals surface area contributed by atoms with Crippen molar-refractivity contribution in [2.45, 2.75) is 6.92 Å². The van der Waals surface area contributed by atoms with E-state index in [0.717, 1.165) is 11.4 Å². The van der Waals surface area contributed by atoms with Gasteiger partial charge in [0.25, 0.3) is 5.91 Å². The van der Waals surface area contributed by atoms with Crippen molar-refractivity contribution in [1.29, 1.82) is 0 Å². The molecule has 0 aliphatic carbocycles. The molecule has 1 N–H and O–H groups in total. The molecule has 0 saturated carbocycles. The van der Waals surface area contributed by atoms with Gasteiger partial charge in [0, 0.05) is 23.1 Å². The Labute approximate surface area is 167 Å². The molecular weight excluding hydrogens is 374 g/mol. The molecule has 3 aromatic rings. The highest BCUT2D eigenvalue weighted by atomic mass is 16.5. The molecule has 1 amide bonds. The number of nitrogens with zero attached hydrogens (tertiary/aromatic N) is 2. The molecule has 0 bridgehead atoms. The average molecular weight is 393 g/mol. The predicted octanol–water partition coefficient (Wildman–Crippen LogP) is 3.01. The van der Waals surface area contributed by atoms with Gasteiger partial charge in [-0.15, -0.1) is 0 Å². The SMILES string of the molecule is COC(=O)c1cc(NC(=O)c2ccc(-n3nccc3C)cc2)cc(C(=O)OC)c1. The van der Waals surface area contributed by atoms with Gasteiger partial charge in [0.05, 0.1) is 31.0 Å². The van der Waals surface area contributed by atoms with Crippen LogP contribution in [0.3, 0.4) is 0 Å². The van der Waals surface area contributed by atoms with Gasteiger partial charge in [0.15, 0.2) is 0 Å². The van der Waals surface area contributed by atoms with Crippen LogP contribution in [0, 0.1) is 6.92 Å². The lowest BCUT2D eigenvalue weighted by Crippen LogP contribution is -2.14. The number of rotatable bonds is 5. The van der Waals surface area contributed by atoms with E-state index in [1.165, 1.54) is 32.4 Å². The van der Waals surface area contributed by atoms with E-state index in [1.54, 1.807) is 35.1 Å². The molecule has 0 saturated heterocycles. The Bertz CT molecular complexity index is 1040. The third-order valence-corrected chi connectivity index (χ3v) is 4.24. The minimum absolute atomic E-state index is 0.121. The molecule has 8 heteroatoms. The Morgan fingerprint density at radius 1 is 0.862 bits per heavy atom. The standard InChI is InChI=1S/C21H19N3O5/c1-13-8-9-22-24(13)18-6-4-14(5-7-18)19(25)23-17-11-15(20(26)28-2)10-16(12-17)21(27)29-3/h4-12H,1-3H3,(H,23,25). The molecule has 1 heterocycles. The number of amides is 1. The number of anilines is 1. The molecule has 148 valence electrons. The van der Waals surface area contributed by atoms with Crippen molar-refractivity contribution in [3.8, 4) is 5.69 Å². The topological polar surface area (TPSA) is 99.5 Å². The zero-order valence-electron chi connectivity index (χ0n) is 16.1. The molecule has 2 aromatic carbocycles. The number of aryl methyl sites for hydroxylation is 1. The molecule has 0 aliphatic heterocycles. The number of aromatic nitrogens is 2. The van der Waals surface area contributed by atoms with Crippen LogP contribution >= 0.6 is 0 Å². The van der Waals surface area contributed by atoms with E-state index in [9.17, 15) is 14.4 Å². The van der Waals surface area contributed by atoms with Crippen LogP contribution in [-0.2, 0) is 9.47 Å². The second-order valence-electron chi connectivity index (χ2n) is 6.17. The van der Waals surface area contributed by atoms with Gasteiger partial charge in [0.2, 0.25) is 0 Å². The summed E-state index contributed by atoms with van der Waals surface area (Å²) in [4.78, 5) is 36.3. The number of carbonyl (C=O) groups is 3. The zero-order valence-corrected chi connectivity index (χ0v) is 16.1. The van der Waals surface area contributed by atoms with Gasteiger partial charge in [-0.25, -0.2) is 14.3 Å². The van der Waals surface area contributed by atoms with Gasteiger partial charge in [-0.1, -0.05) is 0 Å². The number of ether oxygens (including phenoxy) is 2. The van der Waals surface area contributed by atoms with Crippen molar-refractivity contribution in [2.24, 2.45) is 0 Å². The summed E-state index contributed by atoms with van der Waals surface area (Å²) in [6.45, 7) is 1.93. The molecule has 1 aromatic heterocycles. The molecule has 0 aliphatic rings. The molecule has 3 rings (SSSR count). The fourth-order valence-corrected chi connectivity index (χ4v) is 2.77. The number of methoxy groups -OCH3 is 2. The molecule has 8 nitrogen and oxygen atoms in total. The summed E-state index contributed by atoms with van der Waals surface area (Å²) in [5.41, 5.74) is 2.71. The second-order valence-corrected chi connectivity index (χ2v) is 6.17. The number of esters is 2. The van der Waals surface area contributed by atoms with E-state index in [1.807, 2.05) is 13.0 Å². The van der Waals surface area contributed by atoms with Gasteiger partial charge >= 0.3 is 11.9 Å². The highest BCUT2D eigenvalue weighted by molar-refractivity contribution is 6.06. The van der Waals surface area contributed by atoms with Crippen LogP contribution in [0.2, 0.25) is 0 Å².